The van der Waals surface area contributed by atoms with E-state index in [2.05, 4.69) is 17.4 Å². The number of benzene rings is 1. The van der Waals surface area contributed by atoms with Gasteiger partial charge in [-0.3, -0.25) is 9.59 Å². The maximum atomic E-state index is 12.9. The summed E-state index contributed by atoms with van der Waals surface area (Å²) in [6.45, 7) is 5.06. The quantitative estimate of drug-likeness (QED) is 0.880. The molecule has 2 amide bonds. The maximum absolute atomic E-state index is 12.9. The van der Waals surface area contributed by atoms with Crippen LogP contribution in [0.5, 0.6) is 0 Å². The van der Waals surface area contributed by atoms with Crippen LogP contribution in [0.2, 0.25) is 0 Å². The third-order valence-electron chi connectivity index (χ3n) is 5.95. The molecule has 142 valence electrons. The highest BCUT2D eigenvalue weighted by Gasteiger charge is 2.32. The molecule has 3 rings (SSSR count). The first-order valence-electron chi connectivity index (χ1n) is 9.87. The average molecular weight is 357 g/mol. The van der Waals surface area contributed by atoms with Crippen LogP contribution in [0.15, 0.2) is 24.3 Å². The van der Waals surface area contributed by atoms with E-state index in [0.29, 0.717) is 13.0 Å². The number of nitrogens with zero attached hydrogens (tertiary/aromatic N) is 2. The SMILES string of the molecule is CNCCC1CCN(C(=O)CC2c3ccccc3CCN2C(C)=O)CC1. The van der Waals surface area contributed by atoms with Crippen LogP contribution in [-0.2, 0) is 16.0 Å². The van der Waals surface area contributed by atoms with E-state index in [4.69, 9.17) is 0 Å². The fourth-order valence-corrected chi connectivity index (χ4v) is 4.36. The van der Waals surface area contributed by atoms with E-state index in [0.717, 1.165) is 50.4 Å². The molecule has 1 atom stereocenters. The summed E-state index contributed by atoms with van der Waals surface area (Å²) < 4.78 is 0. The minimum atomic E-state index is -0.119. The Bertz CT molecular complexity index is 638. The predicted molar refractivity (Wildman–Crippen MR) is 103 cm³/mol. The van der Waals surface area contributed by atoms with Crippen molar-refractivity contribution in [3.8, 4) is 0 Å². The molecule has 2 heterocycles. The average Bonchev–Trinajstić information content (AvgIpc) is 2.66. The van der Waals surface area contributed by atoms with Crippen molar-refractivity contribution < 1.29 is 9.59 Å². The number of carbonyl (C=O) groups is 2. The van der Waals surface area contributed by atoms with Gasteiger partial charge < -0.3 is 15.1 Å². The summed E-state index contributed by atoms with van der Waals surface area (Å²) in [5.41, 5.74) is 2.42. The number of nitrogens with one attached hydrogen (secondary N) is 1. The zero-order chi connectivity index (χ0) is 18.5. The van der Waals surface area contributed by atoms with Gasteiger partial charge in [0.15, 0.2) is 0 Å². The standard InChI is InChI=1S/C21H31N3O2/c1-16(25)24-14-10-18-5-3-4-6-19(18)20(24)15-21(26)23-12-8-17(9-13-23)7-11-22-2/h3-6,17,20,22H,7-15H2,1-2H3. The Kier molecular flexibility index (Phi) is 6.30. The van der Waals surface area contributed by atoms with Gasteiger partial charge in [-0.1, -0.05) is 24.3 Å². The number of carbonyl (C=O) groups excluding carboxylic acids is 2. The number of likely N-dealkylation sites (tertiary alicyclic amines) is 1. The molecule has 0 spiro atoms. The third-order valence-corrected chi connectivity index (χ3v) is 5.95. The highest BCUT2D eigenvalue weighted by molar-refractivity contribution is 5.80. The number of hydrogen-bond donors (Lipinski definition) is 1. The highest BCUT2D eigenvalue weighted by Crippen LogP contribution is 2.33. The summed E-state index contributed by atoms with van der Waals surface area (Å²) in [5.74, 6) is 0.962. The Morgan fingerprint density at radius 1 is 1.15 bits per heavy atom. The van der Waals surface area contributed by atoms with Crippen LogP contribution in [0, 0.1) is 5.92 Å². The molecule has 2 aliphatic heterocycles. The summed E-state index contributed by atoms with van der Waals surface area (Å²) in [4.78, 5) is 28.9. The van der Waals surface area contributed by atoms with E-state index in [1.54, 1.807) is 6.92 Å². The molecular formula is C21H31N3O2. The Balaban J connectivity index is 1.65. The second kappa shape index (κ2) is 8.67. The lowest BCUT2D eigenvalue weighted by Gasteiger charge is -2.38. The topological polar surface area (TPSA) is 52.7 Å². The molecule has 0 saturated carbocycles. The van der Waals surface area contributed by atoms with Crippen LogP contribution in [0.4, 0.5) is 0 Å². The summed E-state index contributed by atoms with van der Waals surface area (Å²) in [7, 11) is 1.99. The molecule has 1 aromatic carbocycles. The smallest absolute Gasteiger partial charge is 0.224 e. The van der Waals surface area contributed by atoms with Gasteiger partial charge in [-0.15, -0.1) is 0 Å². The predicted octanol–water partition coefficient (Wildman–Crippen LogP) is 2.37. The van der Waals surface area contributed by atoms with Crippen molar-refractivity contribution in [2.45, 2.75) is 45.1 Å². The lowest BCUT2D eigenvalue weighted by atomic mass is 9.89. The van der Waals surface area contributed by atoms with Crippen molar-refractivity contribution in [3.63, 3.8) is 0 Å². The van der Waals surface area contributed by atoms with Crippen molar-refractivity contribution in [2.24, 2.45) is 5.92 Å². The van der Waals surface area contributed by atoms with Crippen LogP contribution >= 0.6 is 0 Å². The molecule has 5 nitrogen and oxygen atoms in total. The Hall–Kier alpha value is -1.88. The van der Waals surface area contributed by atoms with Crippen LogP contribution in [0.3, 0.4) is 0 Å². The molecule has 26 heavy (non-hydrogen) atoms. The number of rotatable bonds is 5. The van der Waals surface area contributed by atoms with Gasteiger partial charge in [0.2, 0.25) is 11.8 Å². The van der Waals surface area contributed by atoms with Crippen molar-refractivity contribution in [3.05, 3.63) is 35.4 Å². The van der Waals surface area contributed by atoms with E-state index >= 15 is 0 Å². The minimum Gasteiger partial charge on any atom is -0.343 e. The van der Waals surface area contributed by atoms with Crippen LogP contribution in [0.1, 0.15) is 49.8 Å². The zero-order valence-electron chi connectivity index (χ0n) is 16.0. The summed E-state index contributed by atoms with van der Waals surface area (Å²) in [6, 6.07) is 8.13. The number of hydrogen-bond acceptors (Lipinski definition) is 3. The second-order valence-electron chi connectivity index (χ2n) is 7.60. The van der Waals surface area contributed by atoms with E-state index in [1.807, 2.05) is 29.0 Å². The van der Waals surface area contributed by atoms with E-state index in [1.165, 1.54) is 12.0 Å². The fraction of sp³-hybridized carbons (Fsp3) is 0.619. The van der Waals surface area contributed by atoms with E-state index in [9.17, 15) is 9.59 Å². The molecule has 1 aromatic rings. The lowest BCUT2D eigenvalue weighted by molar-refractivity contribution is -0.137. The first kappa shape index (κ1) is 18.9. The van der Waals surface area contributed by atoms with Crippen molar-refractivity contribution in [1.82, 2.24) is 15.1 Å². The Morgan fingerprint density at radius 2 is 1.88 bits per heavy atom. The van der Waals surface area contributed by atoms with Gasteiger partial charge in [0.1, 0.15) is 0 Å². The lowest BCUT2D eigenvalue weighted by Crippen LogP contribution is -2.44. The first-order valence-corrected chi connectivity index (χ1v) is 9.87. The maximum Gasteiger partial charge on any atom is 0.224 e. The molecule has 0 aromatic heterocycles. The van der Waals surface area contributed by atoms with Crippen molar-refractivity contribution in [1.29, 1.82) is 0 Å². The minimum absolute atomic E-state index is 0.0584. The van der Waals surface area contributed by atoms with Crippen molar-refractivity contribution >= 4 is 11.8 Å². The normalized spacial score (nSPS) is 20.8. The zero-order valence-corrected chi connectivity index (χ0v) is 16.0. The van der Waals surface area contributed by atoms with Gasteiger partial charge >= 0.3 is 0 Å². The van der Waals surface area contributed by atoms with Gasteiger partial charge in [0, 0.05) is 26.6 Å². The fourth-order valence-electron chi connectivity index (χ4n) is 4.36. The second-order valence-corrected chi connectivity index (χ2v) is 7.60. The van der Waals surface area contributed by atoms with Gasteiger partial charge in [-0.25, -0.2) is 0 Å². The molecule has 0 radical (unpaired) electrons. The van der Waals surface area contributed by atoms with Crippen LogP contribution < -0.4 is 5.32 Å². The molecule has 0 aliphatic carbocycles. The Labute approximate surface area is 156 Å². The molecule has 5 heteroatoms. The molecule has 1 N–H and O–H groups in total. The molecule has 1 fully saturated rings. The number of amides is 2. The first-order chi connectivity index (χ1) is 12.6. The monoisotopic (exact) mass is 357 g/mol. The van der Waals surface area contributed by atoms with E-state index in [-0.39, 0.29) is 17.9 Å². The van der Waals surface area contributed by atoms with Gasteiger partial charge in [-0.05, 0) is 56.3 Å². The summed E-state index contributed by atoms with van der Waals surface area (Å²) >= 11 is 0. The van der Waals surface area contributed by atoms with Crippen molar-refractivity contribution in [2.75, 3.05) is 33.2 Å². The molecular weight excluding hydrogens is 326 g/mol. The van der Waals surface area contributed by atoms with Crippen LogP contribution in [-0.4, -0.2) is 54.8 Å². The van der Waals surface area contributed by atoms with Gasteiger partial charge in [0.05, 0.1) is 12.5 Å². The van der Waals surface area contributed by atoms with Gasteiger partial charge in [0.25, 0.3) is 0 Å². The summed E-state index contributed by atoms with van der Waals surface area (Å²) in [6.07, 6.45) is 4.64. The van der Waals surface area contributed by atoms with E-state index < -0.39 is 0 Å². The Morgan fingerprint density at radius 3 is 2.58 bits per heavy atom. The molecule has 1 unspecified atom stereocenters. The molecule has 0 bridgehead atoms. The van der Waals surface area contributed by atoms with Crippen LogP contribution in [0.25, 0.3) is 0 Å². The summed E-state index contributed by atoms with van der Waals surface area (Å²) in [5, 5.41) is 3.21. The number of piperidine rings is 1. The highest BCUT2D eigenvalue weighted by atomic mass is 16.2. The largest absolute Gasteiger partial charge is 0.343 e. The van der Waals surface area contributed by atoms with Gasteiger partial charge in [-0.2, -0.15) is 0 Å². The molecule has 2 aliphatic rings. The molecule has 1 saturated heterocycles. The number of fused-ring (bicyclic) bond motifs is 1. The third kappa shape index (κ3) is 4.26.